The Bertz CT molecular complexity index is 1160. The second kappa shape index (κ2) is 8.75. The molecule has 0 bridgehead atoms. The third-order valence-corrected chi connectivity index (χ3v) is 4.89. The molecule has 6 heteroatoms. The van der Waals surface area contributed by atoms with E-state index in [0.29, 0.717) is 22.8 Å². The van der Waals surface area contributed by atoms with Crippen molar-refractivity contribution < 1.29 is 23.7 Å². The van der Waals surface area contributed by atoms with Crippen LogP contribution in [0.25, 0.3) is 17.2 Å². The summed E-state index contributed by atoms with van der Waals surface area (Å²) in [7, 11) is 4.59. The number of hydrogen-bond acceptors (Lipinski definition) is 6. The van der Waals surface area contributed by atoms with Gasteiger partial charge in [-0.3, -0.25) is 0 Å². The molecule has 0 aromatic heterocycles. The summed E-state index contributed by atoms with van der Waals surface area (Å²) in [4.78, 5) is 16.8. The molecule has 0 amide bonds. The Morgan fingerprint density at radius 3 is 2.03 bits per heavy atom. The highest BCUT2D eigenvalue weighted by molar-refractivity contribution is 6.13. The zero-order valence-corrected chi connectivity index (χ0v) is 17.4. The monoisotopic (exact) mass is 415 g/mol. The normalized spacial score (nSPS) is 14.2. The van der Waals surface area contributed by atoms with Gasteiger partial charge in [0.05, 0.1) is 21.3 Å². The number of ether oxygens (including phenoxy) is 4. The van der Waals surface area contributed by atoms with Gasteiger partial charge in [-0.15, -0.1) is 0 Å². The van der Waals surface area contributed by atoms with Crippen molar-refractivity contribution in [1.82, 2.24) is 0 Å². The van der Waals surface area contributed by atoms with Crippen LogP contribution in [0.4, 0.5) is 0 Å². The lowest BCUT2D eigenvalue weighted by atomic mass is 10.0. The molecule has 0 spiro atoms. The molecule has 0 saturated heterocycles. The molecule has 0 atom stereocenters. The lowest BCUT2D eigenvalue weighted by Crippen LogP contribution is -2.05. The van der Waals surface area contributed by atoms with Gasteiger partial charge in [0.1, 0.15) is 0 Å². The number of benzene rings is 3. The molecule has 6 nitrogen and oxygen atoms in total. The quantitative estimate of drug-likeness (QED) is 0.430. The van der Waals surface area contributed by atoms with E-state index < -0.39 is 5.97 Å². The number of cyclic esters (lactones) is 1. The molecule has 1 aliphatic heterocycles. The second-order valence-corrected chi connectivity index (χ2v) is 6.70. The van der Waals surface area contributed by atoms with E-state index in [1.54, 1.807) is 25.3 Å². The average molecular weight is 415 g/mol. The lowest BCUT2D eigenvalue weighted by molar-refractivity contribution is -0.129. The van der Waals surface area contributed by atoms with E-state index in [1.165, 1.54) is 14.2 Å². The fourth-order valence-electron chi connectivity index (χ4n) is 3.35. The molecular weight excluding hydrogens is 394 g/mol. The molecule has 0 unspecified atom stereocenters. The molecule has 3 aromatic carbocycles. The summed E-state index contributed by atoms with van der Waals surface area (Å²) < 4.78 is 21.6. The first-order valence-electron chi connectivity index (χ1n) is 9.62. The Kier molecular flexibility index (Phi) is 5.71. The van der Waals surface area contributed by atoms with Crippen molar-refractivity contribution in [2.24, 2.45) is 4.99 Å². The first-order valence-corrected chi connectivity index (χ1v) is 9.62. The van der Waals surface area contributed by atoms with E-state index in [-0.39, 0.29) is 11.6 Å². The van der Waals surface area contributed by atoms with E-state index >= 15 is 0 Å². The molecule has 1 aliphatic rings. The van der Waals surface area contributed by atoms with Gasteiger partial charge in [0, 0.05) is 11.1 Å². The van der Waals surface area contributed by atoms with Crippen molar-refractivity contribution in [2.45, 2.75) is 0 Å². The van der Waals surface area contributed by atoms with E-state index in [2.05, 4.69) is 4.99 Å². The average Bonchev–Trinajstić information content (AvgIpc) is 3.19. The van der Waals surface area contributed by atoms with Crippen molar-refractivity contribution in [3.63, 3.8) is 0 Å². The van der Waals surface area contributed by atoms with Crippen LogP contribution in [0.5, 0.6) is 17.2 Å². The number of rotatable bonds is 6. The predicted molar refractivity (Wildman–Crippen MR) is 119 cm³/mol. The first-order chi connectivity index (χ1) is 15.1. The fourth-order valence-corrected chi connectivity index (χ4v) is 3.35. The van der Waals surface area contributed by atoms with Gasteiger partial charge >= 0.3 is 5.97 Å². The summed E-state index contributed by atoms with van der Waals surface area (Å²) >= 11 is 0. The van der Waals surface area contributed by atoms with Crippen LogP contribution in [0.1, 0.15) is 11.1 Å². The maximum atomic E-state index is 12.4. The minimum atomic E-state index is -0.529. The van der Waals surface area contributed by atoms with E-state index in [9.17, 15) is 4.79 Å². The van der Waals surface area contributed by atoms with Gasteiger partial charge in [0.15, 0.2) is 17.2 Å². The number of esters is 1. The Hall–Kier alpha value is -4.06. The Labute approximate surface area is 180 Å². The summed E-state index contributed by atoms with van der Waals surface area (Å²) in [6.45, 7) is 0. The second-order valence-electron chi connectivity index (χ2n) is 6.70. The molecule has 0 saturated carbocycles. The number of aliphatic imine (C=N–C) groups is 1. The summed E-state index contributed by atoms with van der Waals surface area (Å²) in [5.74, 6) is 1.14. The summed E-state index contributed by atoms with van der Waals surface area (Å²) in [6.07, 6.45) is 1.61. The highest BCUT2D eigenvalue weighted by atomic mass is 16.6. The van der Waals surface area contributed by atoms with E-state index in [1.807, 2.05) is 54.6 Å². The summed E-state index contributed by atoms with van der Waals surface area (Å²) in [6, 6.07) is 21.3. The zero-order valence-electron chi connectivity index (χ0n) is 17.4. The van der Waals surface area contributed by atoms with Crippen molar-refractivity contribution in [1.29, 1.82) is 0 Å². The molecular formula is C25H21NO5. The molecule has 31 heavy (non-hydrogen) atoms. The Morgan fingerprint density at radius 2 is 1.39 bits per heavy atom. The predicted octanol–water partition coefficient (Wildman–Crippen LogP) is 4.72. The topological polar surface area (TPSA) is 66.4 Å². The van der Waals surface area contributed by atoms with Crippen LogP contribution < -0.4 is 14.2 Å². The van der Waals surface area contributed by atoms with Crippen LogP contribution in [0, 0.1) is 0 Å². The van der Waals surface area contributed by atoms with Gasteiger partial charge in [-0.05, 0) is 41.5 Å². The highest BCUT2D eigenvalue weighted by Crippen LogP contribution is 2.41. The van der Waals surface area contributed by atoms with Crippen molar-refractivity contribution in [3.05, 3.63) is 83.6 Å². The van der Waals surface area contributed by atoms with Gasteiger partial charge in [-0.2, -0.15) is 0 Å². The molecule has 4 rings (SSSR count). The molecule has 156 valence electrons. The number of carbonyl (C=O) groups excluding carboxylic acids is 1. The van der Waals surface area contributed by atoms with Crippen LogP contribution in [0.2, 0.25) is 0 Å². The fraction of sp³-hybridized carbons (Fsp3) is 0.120. The van der Waals surface area contributed by atoms with Crippen LogP contribution in [-0.4, -0.2) is 33.2 Å². The SMILES string of the molecule is COc1ccc(/C=C2/N=C(c3ccc(-c4ccccc4)cc3)OC2=O)c(OC)c1OC. The number of nitrogens with zero attached hydrogens (tertiary/aromatic N) is 1. The molecule has 3 aromatic rings. The van der Waals surface area contributed by atoms with Gasteiger partial charge in [0.2, 0.25) is 11.6 Å². The van der Waals surface area contributed by atoms with Crippen LogP contribution in [0.15, 0.2) is 77.4 Å². The van der Waals surface area contributed by atoms with Crippen LogP contribution in [0.3, 0.4) is 0 Å². The minimum absolute atomic E-state index is 0.174. The Balaban J connectivity index is 1.65. The van der Waals surface area contributed by atoms with E-state index in [4.69, 9.17) is 18.9 Å². The molecule has 0 fully saturated rings. The summed E-state index contributed by atoms with van der Waals surface area (Å²) in [5.41, 5.74) is 3.69. The number of hydrogen-bond donors (Lipinski definition) is 0. The molecule has 0 radical (unpaired) electrons. The standard InChI is InChI=1S/C25H21NO5/c1-28-21-14-13-19(22(29-2)23(21)30-3)15-20-25(27)31-24(26-20)18-11-9-17(10-12-18)16-7-5-4-6-8-16/h4-15H,1-3H3/b20-15+. The number of methoxy groups -OCH3 is 3. The third-order valence-electron chi connectivity index (χ3n) is 4.89. The zero-order chi connectivity index (χ0) is 21.8. The maximum Gasteiger partial charge on any atom is 0.363 e. The van der Waals surface area contributed by atoms with Gasteiger partial charge < -0.3 is 18.9 Å². The number of carbonyl (C=O) groups is 1. The lowest BCUT2D eigenvalue weighted by Gasteiger charge is -2.14. The first kappa shape index (κ1) is 20.2. The van der Waals surface area contributed by atoms with Gasteiger partial charge in [-0.1, -0.05) is 42.5 Å². The van der Waals surface area contributed by atoms with E-state index in [0.717, 1.165) is 16.7 Å². The van der Waals surface area contributed by atoms with Crippen LogP contribution >= 0.6 is 0 Å². The highest BCUT2D eigenvalue weighted by Gasteiger charge is 2.25. The van der Waals surface area contributed by atoms with Gasteiger partial charge in [0.25, 0.3) is 0 Å². The van der Waals surface area contributed by atoms with Crippen LogP contribution in [-0.2, 0) is 9.53 Å². The minimum Gasteiger partial charge on any atom is -0.493 e. The Morgan fingerprint density at radius 1 is 0.742 bits per heavy atom. The van der Waals surface area contributed by atoms with Crippen molar-refractivity contribution in [3.8, 4) is 28.4 Å². The summed E-state index contributed by atoms with van der Waals surface area (Å²) in [5, 5.41) is 0. The van der Waals surface area contributed by atoms with Crippen molar-refractivity contribution >= 4 is 17.9 Å². The maximum absolute atomic E-state index is 12.4. The third kappa shape index (κ3) is 4.00. The largest absolute Gasteiger partial charge is 0.493 e. The molecule has 0 N–H and O–H groups in total. The molecule has 1 heterocycles. The molecule has 0 aliphatic carbocycles. The smallest absolute Gasteiger partial charge is 0.363 e. The van der Waals surface area contributed by atoms with Crippen molar-refractivity contribution in [2.75, 3.05) is 21.3 Å². The van der Waals surface area contributed by atoms with Gasteiger partial charge in [-0.25, -0.2) is 9.79 Å².